The van der Waals surface area contributed by atoms with Gasteiger partial charge in [-0.05, 0) is 0 Å². The number of hydrogen-bond donors (Lipinski definition) is 3. The quantitative estimate of drug-likeness (QED) is 0.630. The van der Waals surface area contributed by atoms with Crippen LogP contribution in [0.4, 0.5) is 4.79 Å². The molecule has 1 atom stereocenters. The van der Waals surface area contributed by atoms with Gasteiger partial charge in [-0.2, -0.15) is 0 Å². The van der Waals surface area contributed by atoms with Crippen molar-refractivity contribution in [3.63, 3.8) is 0 Å². The Labute approximate surface area is 158 Å². The molecule has 0 radical (unpaired) electrons. The van der Waals surface area contributed by atoms with Crippen LogP contribution in [-0.2, 0) is 4.79 Å². The number of primary amides is 1. The zero-order valence-electron chi connectivity index (χ0n) is 14.8. The Morgan fingerprint density at radius 3 is 1.52 bits per heavy atom. The van der Waals surface area contributed by atoms with Gasteiger partial charge in [-0.1, -0.05) is 91.0 Å². The maximum absolute atomic E-state index is 12.7. The fourth-order valence-corrected chi connectivity index (χ4v) is 3.14. The molecule has 3 rings (SSSR count). The maximum Gasteiger partial charge on any atom is 0.319 e. The van der Waals surface area contributed by atoms with Gasteiger partial charge in [-0.15, -0.1) is 0 Å². The number of urea groups is 1. The Bertz CT molecular complexity index is 844. The minimum absolute atomic E-state index is 0.115. The number of carbonyl (C=O) groups is 2. The van der Waals surface area contributed by atoms with Crippen LogP contribution in [0.5, 0.6) is 0 Å². The fourth-order valence-electron chi connectivity index (χ4n) is 3.14. The van der Waals surface area contributed by atoms with Crippen molar-refractivity contribution in [3.8, 4) is 0 Å². The molecule has 0 bridgehead atoms. The Balaban J connectivity index is 1.99. The Hall–Kier alpha value is -3.44. The number of nitrogens with one attached hydrogen (secondary N) is 1. The highest BCUT2D eigenvalue weighted by Gasteiger charge is 2.30. The number of rotatable bonds is 6. The standard InChI is InChI=1S/C22H21N3O2/c23-22(27)25-21(26)20(18-14-8-3-9-15-18)24-19(16-10-4-1-5-11-16)17-12-6-2-7-13-17/h1-15,19-20,24H,(H3,23,25,26,27)/p+1/t20-/m0/s1. The second-order valence-corrected chi connectivity index (χ2v) is 6.23. The molecule has 0 spiro atoms. The first-order chi connectivity index (χ1) is 13.1. The smallest absolute Gasteiger partial charge is 0.319 e. The summed E-state index contributed by atoms with van der Waals surface area (Å²) in [4.78, 5) is 24.0. The van der Waals surface area contributed by atoms with Crippen LogP contribution < -0.4 is 16.4 Å². The van der Waals surface area contributed by atoms with Crippen molar-refractivity contribution in [1.29, 1.82) is 0 Å². The number of carbonyl (C=O) groups excluding carboxylic acids is 2. The lowest BCUT2D eigenvalue weighted by Crippen LogP contribution is -2.88. The summed E-state index contributed by atoms with van der Waals surface area (Å²) in [5, 5.41) is 4.17. The molecule has 0 saturated heterocycles. The van der Waals surface area contributed by atoms with Gasteiger partial charge in [0.2, 0.25) is 0 Å². The molecule has 0 fully saturated rings. The monoisotopic (exact) mass is 360 g/mol. The number of quaternary nitrogens is 1. The first-order valence-corrected chi connectivity index (χ1v) is 8.75. The average Bonchev–Trinajstić information content (AvgIpc) is 2.70. The zero-order chi connectivity index (χ0) is 19.1. The van der Waals surface area contributed by atoms with E-state index in [0.29, 0.717) is 0 Å². The molecule has 5 heteroatoms. The molecular formula is C22H22N3O2+. The lowest BCUT2D eigenvalue weighted by Gasteiger charge is -2.23. The molecule has 0 aliphatic rings. The fraction of sp³-hybridized carbons (Fsp3) is 0.0909. The lowest BCUT2D eigenvalue weighted by atomic mass is 9.96. The van der Waals surface area contributed by atoms with Crippen LogP contribution in [-0.4, -0.2) is 11.9 Å². The van der Waals surface area contributed by atoms with E-state index >= 15 is 0 Å². The molecule has 0 unspecified atom stereocenters. The maximum atomic E-state index is 12.7. The molecule has 0 heterocycles. The summed E-state index contributed by atoms with van der Waals surface area (Å²) in [5.74, 6) is -0.439. The van der Waals surface area contributed by atoms with E-state index in [1.807, 2.05) is 96.3 Å². The van der Waals surface area contributed by atoms with Crippen LogP contribution in [0.2, 0.25) is 0 Å². The Morgan fingerprint density at radius 2 is 1.11 bits per heavy atom. The van der Waals surface area contributed by atoms with Crippen LogP contribution in [0.15, 0.2) is 91.0 Å². The summed E-state index contributed by atoms with van der Waals surface area (Å²) >= 11 is 0. The van der Waals surface area contributed by atoms with E-state index in [4.69, 9.17) is 5.73 Å². The molecule has 3 amide bonds. The summed E-state index contributed by atoms with van der Waals surface area (Å²) < 4.78 is 0. The van der Waals surface area contributed by atoms with Gasteiger partial charge in [0.1, 0.15) is 6.04 Å². The Morgan fingerprint density at radius 1 is 0.704 bits per heavy atom. The van der Waals surface area contributed by atoms with Crippen LogP contribution in [0.25, 0.3) is 0 Å². The van der Waals surface area contributed by atoms with Gasteiger partial charge in [0.05, 0.1) is 0 Å². The van der Waals surface area contributed by atoms with Crippen LogP contribution in [0.3, 0.4) is 0 Å². The third kappa shape index (κ3) is 4.80. The Kier molecular flexibility index (Phi) is 5.97. The summed E-state index contributed by atoms with van der Waals surface area (Å²) in [6.45, 7) is 0. The van der Waals surface area contributed by atoms with Gasteiger partial charge in [0.25, 0.3) is 5.91 Å². The highest BCUT2D eigenvalue weighted by atomic mass is 16.2. The van der Waals surface area contributed by atoms with Crippen LogP contribution in [0.1, 0.15) is 28.8 Å². The second kappa shape index (κ2) is 8.78. The van der Waals surface area contributed by atoms with Crippen molar-refractivity contribution in [3.05, 3.63) is 108 Å². The third-order valence-electron chi connectivity index (χ3n) is 4.39. The van der Waals surface area contributed by atoms with E-state index in [1.165, 1.54) is 0 Å². The molecule has 136 valence electrons. The van der Waals surface area contributed by atoms with E-state index < -0.39 is 18.0 Å². The van der Waals surface area contributed by atoms with E-state index in [2.05, 4.69) is 5.32 Å². The zero-order valence-corrected chi connectivity index (χ0v) is 14.8. The topological polar surface area (TPSA) is 88.8 Å². The number of benzene rings is 3. The highest BCUT2D eigenvalue weighted by molar-refractivity contribution is 5.96. The molecule has 0 saturated carbocycles. The molecule has 0 aliphatic carbocycles. The normalized spacial score (nSPS) is 11.7. The SMILES string of the molecule is NC(=O)NC(=O)[C@@H]([NH2+]C(c1ccccc1)c1ccccc1)c1ccccc1. The van der Waals surface area contributed by atoms with E-state index in [-0.39, 0.29) is 6.04 Å². The molecule has 0 aromatic heterocycles. The van der Waals surface area contributed by atoms with Crippen molar-refractivity contribution in [2.75, 3.05) is 0 Å². The second-order valence-electron chi connectivity index (χ2n) is 6.23. The van der Waals surface area contributed by atoms with Crippen LogP contribution in [0, 0.1) is 0 Å². The lowest BCUT2D eigenvalue weighted by molar-refractivity contribution is -0.713. The molecule has 5 nitrogen and oxygen atoms in total. The first kappa shape index (κ1) is 18.4. The van der Waals surface area contributed by atoms with E-state index in [9.17, 15) is 9.59 Å². The van der Waals surface area contributed by atoms with Crippen molar-refractivity contribution < 1.29 is 14.9 Å². The summed E-state index contributed by atoms with van der Waals surface area (Å²) in [7, 11) is 0. The predicted octanol–water partition coefficient (Wildman–Crippen LogP) is 2.28. The van der Waals surface area contributed by atoms with Gasteiger partial charge in [0.15, 0.2) is 6.04 Å². The van der Waals surface area contributed by atoms with Gasteiger partial charge >= 0.3 is 6.03 Å². The summed E-state index contributed by atoms with van der Waals surface area (Å²) in [6, 6.07) is 27.7. The van der Waals surface area contributed by atoms with Gasteiger partial charge in [-0.3, -0.25) is 10.1 Å². The molecule has 3 aromatic carbocycles. The molecule has 27 heavy (non-hydrogen) atoms. The van der Waals surface area contributed by atoms with E-state index in [1.54, 1.807) is 0 Å². The molecule has 0 aliphatic heterocycles. The van der Waals surface area contributed by atoms with Crippen molar-refractivity contribution in [2.45, 2.75) is 12.1 Å². The van der Waals surface area contributed by atoms with Gasteiger partial charge in [0, 0.05) is 16.7 Å². The molecule has 3 aromatic rings. The third-order valence-corrected chi connectivity index (χ3v) is 4.39. The number of nitrogens with two attached hydrogens (primary N) is 2. The predicted molar refractivity (Wildman–Crippen MR) is 104 cm³/mol. The van der Waals surface area contributed by atoms with Gasteiger partial charge in [-0.25, -0.2) is 4.79 Å². The van der Waals surface area contributed by atoms with Gasteiger partial charge < -0.3 is 11.1 Å². The molecular weight excluding hydrogens is 338 g/mol. The van der Waals surface area contributed by atoms with Crippen LogP contribution >= 0.6 is 0 Å². The van der Waals surface area contributed by atoms with Crippen molar-refractivity contribution in [1.82, 2.24) is 5.32 Å². The number of imide groups is 1. The number of amides is 3. The first-order valence-electron chi connectivity index (χ1n) is 8.75. The van der Waals surface area contributed by atoms with E-state index in [0.717, 1.165) is 16.7 Å². The minimum Gasteiger partial charge on any atom is -0.351 e. The average molecular weight is 360 g/mol. The molecule has 5 N–H and O–H groups in total. The van der Waals surface area contributed by atoms with Crippen molar-refractivity contribution in [2.24, 2.45) is 5.73 Å². The summed E-state index contributed by atoms with van der Waals surface area (Å²) in [5.41, 5.74) is 8.11. The number of hydrogen-bond acceptors (Lipinski definition) is 2. The summed E-state index contributed by atoms with van der Waals surface area (Å²) in [6.07, 6.45) is 0. The highest BCUT2D eigenvalue weighted by Crippen LogP contribution is 2.20. The largest absolute Gasteiger partial charge is 0.351 e. The van der Waals surface area contributed by atoms with Crippen molar-refractivity contribution >= 4 is 11.9 Å². The minimum atomic E-state index is -0.856.